The fourth-order valence-electron chi connectivity index (χ4n) is 4.16. The highest BCUT2D eigenvalue weighted by Crippen LogP contribution is 2.55. The molecule has 160 valence electrons. The van der Waals surface area contributed by atoms with Gasteiger partial charge in [-0.25, -0.2) is 0 Å². The number of para-hydroxylation sites is 1. The Labute approximate surface area is 182 Å². The third-order valence-electron chi connectivity index (χ3n) is 5.99. The highest BCUT2D eigenvalue weighted by Gasteiger charge is 2.65. The summed E-state index contributed by atoms with van der Waals surface area (Å²) in [7, 11) is 1.42. The highest BCUT2D eigenvalue weighted by molar-refractivity contribution is 6.34. The molecule has 0 bridgehead atoms. The van der Waals surface area contributed by atoms with Crippen molar-refractivity contribution >= 4 is 28.5 Å². The number of benzene rings is 2. The largest absolute Gasteiger partial charge is 0.491 e. The van der Waals surface area contributed by atoms with Crippen molar-refractivity contribution < 1.29 is 28.5 Å². The Bertz CT molecular complexity index is 1230. The van der Waals surface area contributed by atoms with E-state index in [2.05, 4.69) is 0 Å². The zero-order chi connectivity index (χ0) is 21.8. The maximum Gasteiger partial charge on any atom is 0.306 e. The predicted octanol–water partition coefficient (Wildman–Crippen LogP) is 4.13. The summed E-state index contributed by atoms with van der Waals surface area (Å²) in [5, 5.41) is 9.70. The number of carbonyl (C=O) groups is 1. The summed E-state index contributed by atoms with van der Waals surface area (Å²) in [4.78, 5) is 23.8. The van der Waals surface area contributed by atoms with Crippen molar-refractivity contribution in [3.05, 3.63) is 57.7 Å². The van der Waals surface area contributed by atoms with Crippen LogP contribution in [0, 0.1) is 5.92 Å². The summed E-state index contributed by atoms with van der Waals surface area (Å²) in [6.07, 6.45) is 1.00. The van der Waals surface area contributed by atoms with Gasteiger partial charge in [0.1, 0.15) is 18.5 Å². The standard InChI is InChI=1S/C23H19ClO7/c1-28-21-18(25)15-3-2-4-16(24)20(15)30-19(21)12-5-7-14(8-6-12)29-11-17-23(31-17)9-13(10-23)22(26)27/h2-8,13,17H,9-11H2,1H3,(H,26,27). The normalized spacial score (nSPS) is 24.1. The number of carboxylic acids is 1. The van der Waals surface area contributed by atoms with Gasteiger partial charge in [0.25, 0.3) is 0 Å². The summed E-state index contributed by atoms with van der Waals surface area (Å²) in [6, 6.07) is 12.1. The zero-order valence-corrected chi connectivity index (χ0v) is 17.3. The number of halogens is 1. The third-order valence-corrected chi connectivity index (χ3v) is 6.29. The van der Waals surface area contributed by atoms with Gasteiger partial charge in [-0.1, -0.05) is 17.7 Å². The van der Waals surface area contributed by atoms with Crippen LogP contribution < -0.4 is 14.9 Å². The molecule has 1 saturated heterocycles. The molecule has 7 nitrogen and oxygen atoms in total. The molecule has 2 aliphatic rings. The van der Waals surface area contributed by atoms with Gasteiger partial charge in [-0.2, -0.15) is 0 Å². The molecule has 5 rings (SSSR count). The van der Waals surface area contributed by atoms with Crippen LogP contribution in [-0.4, -0.2) is 36.5 Å². The first kappa shape index (κ1) is 19.9. The number of epoxide rings is 1. The molecule has 3 aromatic rings. The van der Waals surface area contributed by atoms with Gasteiger partial charge in [0.05, 0.1) is 29.0 Å². The van der Waals surface area contributed by atoms with Crippen LogP contribution in [-0.2, 0) is 9.53 Å². The molecule has 1 saturated carbocycles. The van der Waals surface area contributed by atoms with Crippen molar-refractivity contribution in [3.63, 3.8) is 0 Å². The van der Waals surface area contributed by atoms with Crippen LogP contribution in [0.4, 0.5) is 0 Å². The molecule has 1 aliphatic heterocycles. The van der Waals surface area contributed by atoms with Crippen LogP contribution in [0.1, 0.15) is 12.8 Å². The Balaban J connectivity index is 1.33. The molecule has 1 aromatic heterocycles. The number of hydrogen-bond donors (Lipinski definition) is 1. The van der Waals surface area contributed by atoms with Crippen LogP contribution in [0.25, 0.3) is 22.3 Å². The van der Waals surface area contributed by atoms with Crippen LogP contribution in [0.3, 0.4) is 0 Å². The van der Waals surface area contributed by atoms with Crippen molar-refractivity contribution in [2.45, 2.75) is 24.5 Å². The van der Waals surface area contributed by atoms with Gasteiger partial charge in [-0.15, -0.1) is 0 Å². The molecule has 8 heteroatoms. The smallest absolute Gasteiger partial charge is 0.306 e. The zero-order valence-electron chi connectivity index (χ0n) is 16.6. The first-order valence-corrected chi connectivity index (χ1v) is 10.2. The summed E-state index contributed by atoms with van der Waals surface area (Å²) in [5.74, 6) is -0.0607. The van der Waals surface area contributed by atoms with E-state index in [1.807, 2.05) is 0 Å². The number of methoxy groups -OCH3 is 1. The van der Waals surface area contributed by atoms with Crippen molar-refractivity contribution in [2.24, 2.45) is 5.92 Å². The van der Waals surface area contributed by atoms with Crippen LogP contribution in [0.5, 0.6) is 11.5 Å². The summed E-state index contributed by atoms with van der Waals surface area (Å²) in [5.41, 5.74) is 0.342. The second kappa shape index (κ2) is 7.28. The van der Waals surface area contributed by atoms with Gasteiger partial charge >= 0.3 is 5.97 Å². The fraction of sp³-hybridized carbons (Fsp3) is 0.304. The Morgan fingerprint density at radius 3 is 2.65 bits per heavy atom. The number of fused-ring (bicyclic) bond motifs is 1. The molecule has 2 aromatic carbocycles. The molecule has 1 aliphatic carbocycles. The molecule has 1 unspecified atom stereocenters. The van der Waals surface area contributed by atoms with Gasteiger partial charge in [0.15, 0.2) is 11.3 Å². The summed E-state index contributed by atoms with van der Waals surface area (Å²) in [6.45, 7) is 0.357. The molecule has 1 atom stereocenters. The molecular formula is C23H19ClO7. The SMILES string of the molecule is COc1c(-c2ccc(OCC3OC34CC(C(=O)O)C4)cc2)oc2c(Cl)cccc2c1=O. The van der Waals surface area contributed by atoms with Gasteiger partial charge < -0.3 is 23.7 Å². The number of ether oxygens (including phenoxy) is 3. The lowest BCUT2D eigenvalue weighted by atomic mass is 9.72. The minimum absolute atomic E-state index is 0.0801. The number of rotatable bonds is 6. The second-order valence-corrected chi connectivity index (χ2v) is 8.27. The van der Waals surface area contributed by atoms with Gasteiger partial charge in [0, 0.05) is 5.56 Å². The average Bonchev–Trinajstić information content (AvgIpc) is 3.47. The molecule has 0 amide bonds. The molecule has 1 spiro atoms. The van der Waals surface area contributed by atoms with E-state index in [0.717, 1.165) is 0 Å². The first-order chi connectivity index (χ1) is 14.9. The summed E-state index contributed by atoms with van der Waals surface area (Å²) >= 11 is 6.21. The van der Waals surface area contributed by atoms with Gasteiger partial charge in [-0.3, -0.25) is 9.59 Å². The minimum atomic E-state index is -0.770. The monoisotopic (exact) mass is 442 g/mol. The van der Waals surface area contributed by atoms with E-state index < -0.39 is 5.97 Å². The van der Waals surface area contributed by atoms with Crippen LogP contribution in [0.2, 0.25) is 5.02 Å². The first-order valence-electron chi connectivity index (χ1n) is 9.85. The van der Waals surface area contributed by atoms with Gasteiger partial charge in [0.2, 0.25) is 11.2 Å². The van der Waals surface area contributed by atoms with E-state index in [4.69, 9.17) is 35.3 Å². The predicted molar refractivity (Wildman–Crippen MR) is 113 cm³/mol. The number of aliphatic carboxylic acids is 1. The maximum atomic E-state index is 12.8. The Hall–Kier alpha value is -3.03. The molecular weight excluding hydrogens is 424 g/mol. The lowest BCUT2D eigenvalue weighted by Crippen LogP contribution is -2.40. The van der Waals surface area contributed by atoms with E-state index in [0.29, 0.717) is 52.5 Å². The van der Waals surface area contributed by atoms with E-state index in [1.54, 1.807) is 42.5 Å². The Morgan fingerprint density at radius 1 is 1.23 bits per heavy atom. The second-order valence-electron chi connectivity index (χ2n) is 7.86. The van der Waals surface area contributed by atoms with Gasteiger partial charge in [-0.05, 0) is 49.2 Å². The molecule has 0 radical (unpaired) electrons. The fourth-order valence-corrected chi connectivity index (χ4v) is 4.37. The third kappa shape index (κ3) is 3.34. The highest BCUT2D eigenvalue weighted by atomic mass is 35.5. The lowest BCUT2D eigenvalue weighted by molar-refractivity contribution is -0.147. The van der Waals surface area contributed by atoms with Crippen LogP contribution in [0.15, 0.2) is 51.7 Å². The van der Waals surface area contributed by atoms with E-state index in [9.17, 15) is 9.59 Å². The average molecular weight is 443 g/mol. The van der Waals surface area contributed by atoms with E-state index in [-0.39, 0.29) is 28.8 Å². The molecule has 2 heterocycles. The minimum Gasteiger partial charge on any atom is -0.491 e. The Kier molecular flexibility index (Phi) is 4.68. The topological polar surface area (TPSA) is 98.5 Å². The van der Waals surface area contributed by atoms with Crippen LogP contribution >= 0.6 is 11.6 Å². The van der Waals surface area contributed by atoms with Crippen molar-refractivity contribution in [3.8, 4) is 22.8 Å². The van der Waals surface area contributed by atoms with Crippen molar-refractivity contribution in [1.29, 1.82) is 0 Å². The molecule has 1 N–H and O–H groups in total. The molecule has 2 fully saturated rings. The van der Waals surface area contributed by atoms with Crippen molar-refractivity contribution in [2.75, 3.05) is 13.7 Å². The van der Waals surface area contributed by atoms with Crippen molar-refractivity contribution in [1.82, 2.24) is 0 Å². The molecule has 31 heavy (non-hydrogen) atoms. The Morgan fingerprint density at radius 2 is 1.97 bits per heavy atom. The quantitative estimate of drug-likeness (QED) is 0.573. The lowest BCUT2D eigenvalue weighted by Gasteiger charge is -2.29. The maximum absolute atomic E-state index is 12.8. The number of hydrogen-bond acceptors (Lipinski definition) is 6. The van der Waals surface area contributed by atoms with E-state index in [1.165, 1.54) is 7.11 Å². The van der Waals surface area contributed by atoms with E-state index >= 15 is 0 Å². The summed E-state index contributed by atoms with van der Waals surface area (Å²) < 4.78 is 22.7. The number of carboxylic acid groups (broad SMARTS) is 1.